The first-order valence-electron chi connectivity index (χ1n) is 10.3. The quantitative estimate of drug-likeness (QED) is 0.441. The van der Waals surface area contributed by atoms with Gasteiger partial charge in [0.25, 0.3) is 0 Å². The number of rotatable bonds is 7. The van der Waals surface area contributed by atoms with Crippen LogP contribution in [0.5, 0.6) is 0 Å². The van der Waals surface area contributed by atoms with E-state index in [2.05, 4.69) is 27.6 Å². The predicted octanol–water partition coefficient (Wildman–Crippen LogP) is 1.91. The second-order valence-corrected chi connectivity index (χ2v) is 7.80. The van der Waals surface area contributed by atoms with Crippen LogP contribution >= 0.6 is 0 Å². The van der Waals surface area contributed by atoms with Crippen molar-refractivity contribution >= 4 is 5.96 Å². The highest BCUT2D eigenvalue weighted by atomic mass is 16.2. The van der Waals surface area contributed by atoms with Crippen LogP contribution in [-0.2, 0) is 19.5 Å². The van der Waals surface area contributed by atoms with Gasteiger partial charge in [-0.15, -0.1) is 0 Å². The summed E-state index contributed by atoms with van der Waals surface area (Å²) in [6, 6.07) is 0. The summed E-state index contributed by atoms with van der Waals surface area (Å²) in [5, 5.41) is 11.4. The van der Waals surface area contributed by atoms with Crippen molar-refractivity contribution in [2.24, 2.45) is 10.4 Å². The maximum absolute atomic E-state index is 12.3. The van der Waals surface area contributed by atoms with Crippen LogP contribution in [0, 0.1) is 5.41 Å². The zero-order valence-corrected chi connectivity index (χ0v) is 16.4. The average molecular weight is 363 g/mol. The topological polar surface area (TPSA) is 76.2 Å². The molecule has 26 heavy (non-hydrogen) atoms. The molecule has 0 aromatic carbocycles. The molecule has 0 spiro atoms. The van der Waals surface area contributed by atoms with E-state index in [1.165, 1.54) is 32.1 Å². The molecule has 146 valence electrons. The van der Waals surface area contributed by atoms with Crippen molar-refractivity contribution in [1.82, 2.24) is 25.0 Å². The molecule has 1 aromatic heterocycles. The van der Waals surface area contributed by atoms with Gasteiger partial charge in [-0.05, 0) is 43.9 Å². The number of aryl methyl sites for hydroxylation is 2. The van der Waals surface area contributed by atoms with Crippen molar-refractivity contribution < 1.29 is 0 Å². The van der Waals surface area contributed by atoms with E-state index in [1.807, 2.05) is 11.6 Å². The van der Waals surface area contributed by atoms with Crippen molar-refractivity contribution in [2.75, 3.05) is 20.1 Å². The zero-order chi connectivity index (χ0) is 18.4. The minimum atomic E-state index is 0.0494. The number of nitrogens with one attached hydrogen (secondary N) is 2. The van der Waals surface area contributed by atoms with Gasteiger partial charge in [-0.2, -0.15) is 5.10 Å². The van der Waals surface area contributed by atoms with Gasteiger partial charge in [-0.25, -0.2) is 9.48 Å². The van der Waals surface area contributed by atoms with Crippen LogP contribution in [0.4, 0.5) is 0 Å². The van der Waals surface area contributed by atoms with E-state index >= 15 is 0 Å². The third kappa shape index (κ3) is 4.30. The molecule has 3 rings (SSSR count). The lowest BCUT2D eigenvalue weighted by atomic mass is 9.83. The van der Waals surface area contributed by atoms with Crippen LogP contribution in [0.2, 0.25) is 0 Å². The average Bonchev–Trinajstić information content (AvgIpc) is 3.27. The second-order valence-electron chi connectivity index (χ2n) is 7.80. The molecule has 7 heteroatoms. The van der Waals surface area contributed by atoms with Crippen LogP contribution < -0.4 is 16.3 Å². The van der Waals surface area contributed by atoms with Gasteiger partial charge in [0.15, 0.2) is 5.96 Å². The molecule has 0 amide bonds. The SMILES string of the molecule is CCC1(CNC(=NC)NCCCn2nc3n(c2=O)CCCC3)CCCC1. The van der Waals surface area contributed by atoms with Gasteiger partial charge in [0.2, 0.25) is 0 Å². The summed E-state index contributed by atoms with van der Waals surface area (Å²) in [4.78, 5) is 16.7. The number of fused-ring (bicyclic) bond motifs is 1. The van der Waals surface area contributed by atoms with Crippen LogP contribution in [-0.4, -0.2) is 40.4 Å². The maximum atomic E-state index is 12.3. The van der Waals surface area contributed by atoms with E-state index in [9.17, 15) is 4.79 Å². The Balaban J connectivity index is 1.42. The Morgan fingerprint density at radius 1 is 1.23 bits per heavy atom. The molecule has 0 radical (unpaired) electrons. The highest BCUT2D eigenvalue weighted by Gasteiger charge is 2.31. The third-order valence-electron chi connectivity index (χ3n) is 6.14. The molecular weight excluding hydrogens is 328 g/mol. The number of aromatic nitrogens is 3. The normalized spacial score (nSPS) is 19.4. The van der Waals surface area contributed by atoms with E-state index in [4.69, 9.17) is 0 Å². The van der Waals surface area contributed by atoms with Gasteiger partial charge in [0.1, 0.15) is 5.82 Å². The summed E-state index contributed by atoms with van der Waals surface area (Å²) < 4.78 is 3.46. The molecule has 1 aliphatic carbocycles. The molecule has 1 saturated carbocycles. The molecule has 2 heterocycles. The fourth-order valence-electron chi connectivity index (χ4n) is 4.30. The summed E-state index contributed by atoms with van der Waals surface area (Å²) in [6.45, 7) is 5.55. The lowest BCUT2D eigenvalue weighted by Gasteiger charge is -2.28. The van der Waals surface area contributed by atoms with Crippen molar-refractivity contribution in [3.8, 4) is 0 Å². The largest absolute Gasteiger partial charge is 0.356 e. The van der Waals surface area contributed by atoms with E-state index in [-0.39, 0.29) is 5.69 Å². The molecule has 0 atom stereocenters. The highest BCUT2D eigenvalue weighted by molar-refractivity contribution is 5.79. The summed E-state index contributed by atoms with van der Waals surface area (Å²) in [7, 11) is 1.82. The Bertz CT molecular complexity index is 668. The smallest absolute Gasteiger partial charge is 0.345 e. The Hall–Kier alpha value is -1.79. The van der Waals surface area contributed by atoms with E-state index in [0.29, 0.717) is 12.0 Å². The minimum absolute atomic E-state index is 0.0494. The van der Waals surface area contributed by atoms with Gasteiger partial charge >= 0.3 is 5.69 Å². The fraction of sp³-hybridized carbons (Fsp3) is 0.842. The Labute approximate surface area is 156 Å². The molecule has 2 aliphatic rings. The predicted molar refractivity (Wildman–Crippen MR) is 105 cm³/mol. The number of guanidine groups is 1. The Morgan fingerprint density at radius 2 is 2.04 bits per heavy atom. The molecule has 7 nitrogen and oxygen atoms in total. The van der Waals surface area contributed by atoms with E-state index < -0.39 is 0 Å². The fourth-order valence-corrected chi connectivity index (χ4v) is 4.30. The van der Waals surface area contributed by atoms with Crippen molar-refractivity contribution in [1.29, 1.82) is 0 Å². The molecule has 1 aromatic rings. The third-order valence-corrected chi connectivity index (χ3v) is 6.14. The number of aliphatic imine (C=N–C) groups is 1. The van der Waals surface area contributed by atoms with Gasteiger partial charge in [0.05, 0.1) is 0 Å². The zero-order valence-electron chi connectivity index (χ0n) is 16.4. The summed E-state index contributed by atoms with van der Waals surface area (Å²) in [5.74, 6) is 1.81. The van der Waals surface area contributed by atoms with Gasteiger partial charge in [-0.1, -0.05) is 19.8 Å². The molecule has 0 bridgehead atoms. The molecule has 0 saturated heterocycles. The molecule has 1 aliphatic heterocycles. The molecule has 0 unspecified atom stereocenters. The molecular formula is C19H34N6O. The first kappa shape index (κ1) is 19.0. The van der Waals surface area contributed by atoms with E-state index in [0.717, 1.165) is 57.1 Å². The second kappa shape index (κ2) is 8.73. The lowest BCUT2D eigenvalue weighted by molar-refractivity contribution is 0.283. The Morgan fingerprint density at radius 3 is 2.73 bits per heavy atom. The van der Waals surface area contributed by atoms with Crippen molar-refractivity contribution in [2.45, 2.75) is 77.8 Å². The van der Waals surface area contributed by atoms with Crippen molar-refractivity contribution in [3.05, 3.63) is 16.3 Å². The first-order chi connectivity index (χ1) is 12.7. The maximum Gasteiger partial charge on any atom is 0.345 e. The molecule has 2 N–H and O–H groups in total. The first-order valence-corrected chi connectivity index (χ1v) is 10.3. The number of hydrogen-bond donors (Lipinski definition) is 2. The van der Waals surface area contributed by atoms with Crippen LogP contribution in [0.1, 0.15) is 64.1 Å². The Kier molecular flexibility index (Phi) is 6.38. The summed E-state index contributed by atoms with van der Waals surface area (Å²) in [6.07, 6.45) is 10.6. The van der Waals surface area contributed by atoms with Gasteiger partial charge < -0.3 is 10.6 Å². The minimum Gasteiger partial charge on any atom is -0.356 e. The van der Waals surface area contributed by atoms with Crippen LogP contribution in [0.25, 0.3) is 0 Å². The van der Waals surface area contributed by atoms with Gasteiger partial charge in [-0.3, -0.25) is 9.56 Å². The molecule has 1 fully saturated rings. The van der Waals surface area contributed by atoms with Gasteiger partial charge in [0, 0.05) is 39.6 Å². The lowest BCUT2D eigenvalue weighted by Crippen LogP contribution is -2.43. The standard InChI is InChI=1S/C19H34N6O/c1-3-19(10-5-6-11-19)15-22-17(20-2)21-12-8-14-25-18(26)24-13-7-4-9-16(24)23-25/h3-15H2,1-2H3,(H2,20,21,22). The van der Waals surface area contributed by atoms with Crippen molar-refractivity contribution in [3.63, 3.8) is 0 Å². The van der Waals surface area contributed by atoms with Crippen LogP contribution in [0.3, 0.4) is 0 Å². The van der Waals surface area contributed by atoms with E-state index in [1.54, 1.807) is 4.68 Å². The number of nitrogens with zero attached hydrogens (tertiary/aromatic N) is 4. The number of hydrogen-bond acceptors (Lipinski definition) is 3. The summed E-state index contributed by atoms with van der Waals surface area (Å²) >= 11 is 0. The highest BCUT2D eigenvalue weighted by Crippen LogP contribution is 2.40. The monoisotopic (exact) mass is 362 g/mol. The van der Waals surface area contributed by atoms with Crippen LogP contribution in [0.15, 0.2) is 9.79 Å². The summed E-state index contributed by atoms with van der Waals surface area (Å²) in [5.41, 5.74) is 0.494.